The molecule has 1 aliphatic heterocycles. The zero-order valence-electron chi connectivity index (χ0n) is 13.9. The molecule has 7 nitrogen and oxygen atoms in total. The monoisotopic (exact) mass is 356 g/mol. The van der Waals surface area contributed by atoms with E-state index in [-0.39, 0.29) is 18.4 Å². The molecule has 0 spiro atoms. The molecule has 0 amide bonds. The molecule has 0 saturated heterocycles. The van der Waals surface area contributed by atoms with Crippen molar-refractivity contribution in [2.75, 3.05) is 18.9 Å². The number of ether oxygens (including phenoxy) is 2. The van der Waals surface area contributed by atoms with E-state index in [0.717, 1.165) is 0 Å². The van der Waals surface area contributed by atoms with Crippen LogP contribution in [0, 0.1) is 5.82 Å². The van der Waals surface area contributed by atoms with E-state index in [1.807, 2.05) is 12.2 Å². The summed E-state index contributed by atoms with van der Waals surface area (Å²) in [6, 6.07) is 5.86. The van der Waals surface area contributed by atoms with E-state index in [0.29, 0.717) is 47.9 Å². The number of pyridine rings is 1. The summed E-state index contributed by atoms with van der Waals surface area (Å²) in [5.74, 6) is 0.506. The first-order valence-corrected chi connectivity index (χ1v) is 8.16. The average molecular weight is 356 g/mol. The number of hydrogen-bond acceptors (Lipinski definition) is 6. The maximum absolute atomic E-state index is 13.9. The molecular weight excluding hydrogens is 339 g/mol. The SMILES string of the molecule is Nc1nc2cc3c1nc(O)n3Cc1cc(F)cc(c1)OC/C=C/CCO2. The number of nitrogens with two attached hydrogens (primary N) is 1. The van der Waals surface area contributed by atoms with Crippen molar-refractivity contribution in [2.45, 2.75) is 13.0 Å². The minimum absolute atomic E-state index is 0.162. The second-order valence-corrected chi connectivity index (χ2v) is 5.93. The van der Waals surface area contributed by atoms with Crippen molar-refractivity contribution >= 4 is 16.9 Å². The van der Waals surface area contributed by atoms with Gasteiger partial charge in [-0.05, 0) is 24.1 Å². The lowest BCUT2D eigenvalue weighted by molar-refractivity contribution is 0.312. The Morgan fingerprint density at radius 2 is 2.00 bits per heavy atom. The first-order chi connectivity index (χ1) is 12.6. The Balaban J connectivity index is 1.85. The van der Waals surface area contributed by atoms with Crippen LogP contribution in [-0.2, 0) is 6.54 Å². The molecule has 3 heterocycles. The van der Waals surface area contributed by atoms with Gasteiger partial charge in [-0.2, -0.15) is 9.97 Å². The number of nitrogens with zero attached hydrogens (tertiary/aromatic N) is 3. The zero-order valence-corrected chi connectivity index (χ0v) is 13.9. The zero-order chi connectivity index (χ0) is 18.1. The van der Waals surface area contributed by atoms with Gasteiger partial charge in [0, 0.05) is 12.1 Å². The summed E-state index contributed by atoms with van der Waals surface area (Å²) in [4.78, 5) is 8.23. The van der Waals surface area contributed by atoms with Crippen LogP contribution in [0.2, 0.25) is 0 Å². The normalized spacial score (nSPS) is 15.7. The van der Waals surface area contributed by atoms with Crippen molar-refractivity contribution in [1.29, 1.82) is 0 Å². The minimum atomic E-state index is -0.417. The number of aromatic nitrogens is 3. The van der Waals surface area contributed by atoms with E-state index in [4.69, 9.17) is 15.2 Å². The highest BCUT2D eigenvalue weighted by molar-refractivity contribution is 5.87. The molecule has 0 atom stereocenters. The largest absolute Gasteiger partial charge is 0.489 e. The van der Waals surface area contributed by atoms with Crippen LogP contribution in [0.1, 0.15) is 12.0 Å². The first kappa shape index (κ1) is 16.2. The molecule has 1 aliphatic rings. The van der Waals surface area contributed by atoms with E-state index in [2.05, 4.69) is 9.97 Å². The Kier molecular flexibility index (Phi) is 4.08. The number of aromatic hydroxyl groups is 1. The van der Waals surface area contributed by atoms with Crippen LogP contribution in [0.4, 0.5) is 10.2 Å². The summed E-state index contributed by atoms with van der Waals surface area (Å²) in [5, 5.41) is 10.2. The predicted octanol–water partition coefficient (Wildman–Crippen LogP) is 2.62. The minimum Gasteiger partial charge on any atom is -0.489 e. The Hall–Kier alpha value is -3.29. The highest BCUT2D eigenvalue weighted by Crippen LogP contribution is 2.29. The summed E-state index contributed by atoms with van der Waals surface area (Å²) in [7, 11) is 0. The molecule has 4 rings (SSSR count). The number of fused-ring (bicyclic) bond motifs is 3. The first-order valence-electron chi connectivity index (χ1n) is 8.16. The van der Waals surface area contributed by atoms with Crippen molar-refractivity contribution in [2.24, 2.45) is 0 Å². The smallest absolute Gasteiger partial charge is 0.295 e. The number of hydrogen-bond donors (Lipinski definition) is 2. The van der Waals surface area contributed by atoms with Gasteiger partial charge in [-0.3, -0.25) is 4.57 Å². The summed E-state index contributed by atoms with van der Waals surface area (Å²) < 4.78 is 26.7. The van der Waals surface area contributed by atoms with Crippen molar-refractivity contribution in [3.63, 3.8) is 0 Å². The Bertz CT molecular complexity index is 1000. The lowest BCUT2D eigenvalue weighted by Crippen LogP contribution is -2.03. The van der Waals surface area contributed by atoms with Crippen LogP contribution in [0.5, 0.6) is 17.6 Å². The van der Waals surface area contributed by atoms with Gasteiger partial charge in [0.2, 0.25) is 5.88 Å². The standard InChI is InChI=1S/C18H17FN4O3/c19-12-6-11-7-13(8-12)25-4-2-1-3-5-26-15-9-14-16(17(20)21-15)22-18(24)23(14)10-11/h1-2,6-9H,3-5,10H2,(H2,20,21)(H,22,24)/b2-1+. The fourth-order valence-electron chi connectivity index (χ4n) is 2.88. The molecular formula is C18H17FN4O3. The average Bonchev–Trinajstić information content (AvgIpc) is 2.90. The highest BCUT2D eigenvalue weighted by Gasteiger charge is 2.16. The van der Waals surface area contributed by atoms with Crippen molar-refractivity contribution in [3.8, 4) is 17.6 Å². The number of anilines is 1. The predicted molar refractivity (Wildman–Crippen MR) is 93.9 cm³/mol. The molecule has 8 heteroatoms. The lowest BCUT2D eigenvalue weighted by Gasteiger charge is -2.10. The van der Waals surface area contributed by atoms with Crippen molar-refractivity contribution < 1.29 is 19.0 Å². The van der Waals surface area contributed by atoms with Crippen LogP contribution in [0.15, 0.2) is 36.4 Å². The number of nitrogen functional groups attached to an aromatic ring is 1. The number of benzene rings is 1. The Labute approximate surface area is 148 Å². The van der Waals surface area contributed by atoms with Crippen LogP contribution >= 0.6 is 0 Å². The number of halogens is 1. The second-order valence-electron chi connectivity index (χ2n) is 5.93. The Morgan fingerprint density at radius 3 is 2.88 bits per heavy atom. The molecule has 4 bridgehead atoms. The van der Waals surface area contributed by atoms with Crippen LogP contribution < -0.4 is 15.2 Å². The van der Waals surface area contributed by atoms with Gasteiger partial charge in [-0.25, -0.2) is 4.39 Å². The van der Waals surface area contributed by atoms with E-state index in [9.17, 15) is 9.50 Å². The molecule has 0 fully saturated rings. The maximum atomic E-state index is 13.9. The van der Waals surface area contributed by atoms with E-state index in [1.54, 1.807) is 12.1 Å². The molecule has 2 aromatic heterocycles. The highest BCUT2D eigenvalue weighted by atomic mass is 19.1. The summed E-state index contributed by atoms with van der Waals surface area (Å²) >= 11 is 0. The molecule has 0 saturated carbocycles. The van der Waals surface area contributed by atoms with Crippen LogP contribution in [0.25, 0.3) is 11.0 Å². The number of rotatable bonds is 0. The molecule has 26 heavy (non-hydrogen) atoms. The van der Waals surface area contributed by atoms with Gasteiger partial charge < -0.3 is 20.3 Å². The van der Waals surface area contributed by atoms with Gasteiger partial charge in [-0.1, -0.05) is 12.2 Å². The second kappa shape index (κ2) is 6.55. The topological polar surface area (TPSA) is 95.4 Å². The molecule has 134 valence electrons. The molecule has 0 unspecified atom stereocenters. The summed E-state index contributed by atoms with van der Waals surface area (Å²) in [6.07, 6.45) is 4.41. The van der Waals surface area contributed by atoms with E-state index in [1.165, 1.54) is 16.7 Å². The van der Waals surface area contributed by atoms with E-state index >= 15 is 0 Å². The van der Waals surface area contributed by atoms with Gasteiger partial charge in [0.25, 0.3) is 6.01 Å². The third-order valence-electron chi connectivity index (χ3n) is 4.04. The lowest BCUT2D eigenvalue weighted by atomic mass is 10.2. The Morgan fingerprint density at radius 1 is 1.12 bits per heavy atom. The van der Waals surface area contributed by atoms with Gasteiger partial charge in [-0.15, -0.1) is 0 Å². The van der Waals surface area contributed by atoms with Gasteiger partial charge in [0.05, 0.1) is 18.7 Å². The molecule has 0 radical (unpaired) electrons. The van der Waals surface area contributed by atoms with Crippen LogP contribution in [0.3, 0.4) is 0 Å². The fraction of sp³-hybridized carbons (Fsp3) is 0.222. The van der Waals surface area contributed by atoms with Crippen molar-refractivity contribution in [3.05, 3.63) is 47.8 Å². The maximum Gasteiger partial charge on any atom is 0.295 e. The molecule has 0 aliphatic carbocycles. The third kappa shape index (κ3) is 3.13. The third-order valence-corrected chi connectivity index (χ3v) is 4.04. The molecule has 3 N–H and O–H groups in total. The summed E-state index contributed by atoms with van der Waals surface area (Å²) in [6.45, 7) is 0.925. The molecule has 3 aromatic rings. The fourth-order valence-corrected chi connectivity index (χ4v) is 2.88. The van der Waals surface area contributed by atoms with Crippen LogP contribution in [-0.4, -0.2) is 32.9 Å². The molecule has 1 aromatic carbocycles. The summed E-state index contributed by atoms with van der Waals surface area (Å²) in [5.41, 5.74) is 7.49. The van der Waals surface area contributed by atoms with Crippen molar-refractivity contribution in [1.82, 2.24) is 14.5 Å². The van der Waals surface area contributed by atoms with Gasteiger partial charge in [0.1, 0.15) is 23.7 Å². The number of imidazole rings is 1. The van der Waals surface area contributed by atoms with Gasteiger partial charge in [0.15, 0.2) is 5.82 Å². The quantitative estimate of drug-likeness (QED) is 0.601. The van der Waals surface area contributed by atoms with E-state index < -0.39 is 5.82 Å². The van der Waals surface area contributed by atoms with Gasteiger partial charge >= 0.3 is 0 Å².